The second-order valence-electron chi connectivity index (χ2n) is 5.15. The normalized spacial score (nSPS) is 13.8. The first-order valence-electron chi connectivity index (χ1n) is 7.61. The molecule has 1 aromatic carbocycles. The van der Waals surface area contributed by atoms with Crippen molar-refractivity contribution in [3.05, 3.63) is 23.8 Å². The van der Waals surface area contributed by atoms with E-state index in [1.807, 2.05) is 25.2 Å². The predicted octanol–water partition coefficient (Wildman–Crippen LogP) is 4.18. The van der Waals surface area contributed by atoms with Gasteiger partial charge >= 0.3 is 0 Å². The maximum Gasteiger partial charge on any atom is 0.127 e. The summed E-state index contributed by atoms with van der Waals surface area (Å²) in [4.78, 5) is 0. The minimum Gasteiger partial charge on any atom is -0.496 e. The molecule has 0 amide bonds. The van der Waals surface area contributed by atoms with Gasteiger partial charge in [-0.15, -0.1) is 0 Å². The molecule has 0 radical (unpaired) electrons. The Morgan fingerprint density at radius 3 is 2.10 bits per heavy atom. The fourth-order valence-corrected chi connectivity index (χ4v) is 2.87. The van der Waals surface area contributed by atoms with E-state index < -0.39 is 0 Å². The van der Waals surface area contributed by atoms with Gasteiger partial charge in [0.15, 0.2) is 0 Å². The zero-order valence-electron chi connectivity index (χ0n) is 13.5. The molecule has 0 saturated heterocycles. The lowest BCUT2D eigenvalue weighted by atomic mass is 9.86. The van der Waals surface area contributed by atoms with Crippen molar-refractivity contribution in [1.29, 1.82) is 0 Å². The fourth-order valence-electron chi connectivity index (χ4n) is 2.87. The van der Waals surface area contributed by atoms with Crippen LogP contribution in [0.4, 0.5) is 0 Å². The van der Waals surface area contributed by atoms with Crippen molar-refractivity contribution >= 4 is 0 Å². The van der Waals surface area contributed by atoms with Crippen molar-refractivity contribution in [3.63, 3.8) is 0 Å². The first-order valence-corrected chi connectivity index (χ1v) is 7.61. The molecule has 0 aliphatic rings. The van der Waals surface area contributed by atoms with Gasteiger partial charge in [0.05, 0.1) is 19.8 Å². The summed E-state index contributed by atoms with van der Waals surface area (Å²) in [7, 11) is 5.46. The zero-order chi connectivity index (χ0) is 15.0. The number of hydrogen-bond donors (Lipinski definition) is 1. The van der Waals surface area contributed by atoms with Crippen LogP contribution in [0.15, 0.2) is 18.2 Å². The van der Waals surface area contributed by atoms with Gasteiger partial charge in [0.2, 0.25) is 0 Å². The summed E-state index contributed by atoms with van der Waals surface area (Å²) in [5.41, 5.74) is 1.14. The highest BCUT2D eigenvalue weighted by molar-refractivity contribution is 5.47. The van der Waals surface area contributed by atoms with Crippen molar-refractivity contribution in [1.82, 2.24) is 5.32 Å². The van der Waals surface area contributed by atoms with E-state index in [-0.39, 0.29) is 6.04 Å². The van der Waals surface area contributed by atoms with Crippen molar-refractivity contribution < 1.29 is 9.47 Å². The minimum atomic E-state index is 0.262. The average Bonchev–Trinajstić information content (AvgIpc) is 2.50. The number of ether oxygens (including phenoxy) is 2. The highest BCUT2D eigenvalue weighted by atomic mass is 16.5. The summed E-state index contributed by atoms with van der Waals surface area (Å²) >= 11 is 0. The Hall–Kier alpha value is -1.22. The molecule has 1 rings (SSSR count). The zero-order valence-corrected chi connectivity index (χ0v) is 13.5. The number of methoxy groups -OCH3 is 2. The van der Waals surface area contributed by atoms with E-state index in [0.717, 1.165) is 23.5 Å². The van der Waals surface area contributed by atoms with E-state index >= 15 is 0 Å². The van der Waals surface area contributed by atoms with Crippen molar-refractivity contribution in [2.75, 3.05) is 21.3 Å². The van der Waals surface area contributed by atoms with Gasteiger partial charge in [-0.05, 0) is 31.5 Å². The standard InChI is InChI=1S/C17H29NO2/c1-6-8-10-13(7-2)17(18-3)16-14(19-4)11-9-12-15(16)20-5/h9,11-13,17-18H,6-8,10H2,1-5H3. The molecule has 0 bridgehead atoms. The van der Waals surface area contributed by atoms with Crippen LogP contribution in [-0.4, -0.2) is 21.3 Å². The first kappa shape index (κ1) is 16.8. The molecule has 0 spiro atoms. The van der Waals surface area contributed by atoms with Crippen molar-refractivity contribution in [2.45, 2.75) is 45.6 Å². The maximum atomic E-state index is 5.55. The van der Waals surface area contributed by atoms with E-state index in [1.165, 1.54) is 19.3 Å². The highest BCUT2D eigenvalue weighted by Crippen LogP contribution is 2.39. The Bertz CT molecular complexity index is 370. The largest absolute Gasteiger partial charge is 0.496 e. The summed E-state index contributed by atoms with van der Waals surface area (Å²) in [5, 5.41) is 3.47. The van der Waals surface area contributed by atoms with Gasteiger partial charge in [0, 0.05) is 6.04 Å². The summed E-state index contributed by atoms with van der Waals surface area (Å²) in [6.07, 6.45) is 4.86. The third-order valence-electron chi connectivity index (χ3n) is 4.01. The van der Waals surface area contributed by atoms with Crippen LogP contribution in [0.1, 0.15) is 51.1 Å². The fraction of sp³-hybridized carbons (Fsp3) is 0.647. The third-order valence-corrected chi connectivity index (χ3v) is 4.01. The molecule has 0 aromatic heterocycles. The summed E-state index contributed by atoms with van der Waals surface area (Å²) in [6.45, 7) is 4.50. The van der Waals surface area contributed by atoms with E-state index in [0.29, 0.717) is 5.92 Å². The van der Waals surface area contributed by atoms with Crippen molar-refractivity contribution in [2.24, 2.45) is 5.92 Å². The summed E-state index contributed by atoms with van der Waals surface area (Å²) in [5.74, 6) is 2.39. The van der Waals surface area contributed by atoms with E-state index in [1.54, 1.807) is 14.2 Å². The van der Waals surface area contributed by atoms with Gasteiger partial charge in [-0.25, -0.2) is 0 Å². The Labute approximate surface area is 123 Å². The van der Waals surface area contributed by atoms with E-state index in [2.05, 4.69) is 19.2 Å². The lowest BCUT2D eigenvalue weighted by Crippen LogP contribution is -2.26. The summed E-state index contributed by atoms with van der Waals surface area (Å²) < 4.78 is 11.1. The molecule has 0 aliphatic heterocycles. The molecule has 114 valence electrons. The van der Waals surface area contributed by atoms with E-state index in [9.17, 15) is 0 Å². The minimum absolute atomic E-state index is 0.262. The topological polar surface area (TPSA) is 30.5 Å². The van der Waals surface area contributed by atoms with Crippen LogP contribution in [0.2, 0.25) is 0 Å². The van der Waals surface area contributed by atoms with Gasteiger partial charge < -0.3 is 14.8 Å². The molecule has 1 N–H and O–H groups in total. The number of benzene rings is 1. The molecule has 0 saturated carbocycles. The lowest BCUT2D eigenvalue weighted by molar-refractivity contribution is 0.310. The molecule has 3 heteroatoms. The first-order chi connectivity index (χ1) is 9.73. The maximum absolute atomic E-state index is 5.55. The van der Waals surface area contributed by atoms with Crippen LogP contribution in [0.25, 0.3) is 0 Å². The molecule has 2 unspecified atom stereocenters. The molecule has 0 aliphatic carbocycles. The number of hydrogen-bond acceptors (Lipinski definition) is 3. The van der Waals surface area contributed by atoms with Gasteiger partial charge in [0.1, 0.15) is 11.5 Å². The predicted molar refractivity (Wildman–Crippen MR) is 84.7 cm³/mol. The second-order valence-corrected chi connectivity index (χ2v) is 5.15. The van der Waals surface area contributed by atoms with Gasteiger partial charge in [-0.3, -0.25) is 0 Å². The Balaban J connectivity index is 3.15. The molecular formula is C17H29NO2. The van der Waals surface area contributed by atoms with Crippen LogP contribution in [-0.2, 0) is 0 Å². The third kappa shape index (κ3) is 3.89. The molecule has 20 heavy (non-hydrogen) atoms. The molecular weight excluding hydrogens is 250 g/mol. The van der Waals surface area contributed by atoms with E-state index in [4.69, 9.17) is 9.47 Å². The van der Waals surface area contributed by atoms with Crippen LogP contribution in [0, 0.1) is 5.92 Å². The number of nitrogens with one attached hydrogen (secondary N) is 1. The Morgan fingerprint density at radius 1 is 1.10 bits per heavy atom. The van der Waals surface area contributed by atoms with Crippen LogP contribution >= 0.6 is 0 Å². The number of rotatable bonds is 9. The van der Waals surface area contributed by atoms with Crippen molar-refractivity contribution in [3.8, 4) is 11.5 Å². The Morgan fingerprint density at radius 2 is 1.70 bits per heavy atom. The Kier molecular flexibility index (Phi) is 7.45. The second kappa shape index (κ2) is 8.85. The van der Waals surface area contributed by atoms with Gasteiger partial charge in [-0.2, -0.15) is 0 Å². The average molecular weight is 279 g/mol. The summed E-state index contributed by atoms with van der Waals surface area (Å²) in [6, 6.07) is 6.25. The van der Waals surface area contributed by atoms with Gasteiger partial charge in [0.25, 0.3) is 0 Å². The van der Waals surface area contributed by atoms with Gasteiger partial charge in [-0.1, -0.05) is 39.2 Å². The van der Waals surface area contributed by atoms with Crippen LogP contribution in [0.3, 0.4) is 0 Å². The molecule has 2 atom stereocenters. The molecule has 1 aromatic rings. The quantitative estimate of drug-likeness (QED) is 0.735. The van der Waals surface area contributed by atoms with Crippen LogP contribution < -0.4 is 14.8 Å². The lowest BCUT2D eigenvalue weighted by Gasteiger charge is -2.29. The monoisotopic (exact) mass is 279 g/mol. The number of unbranched alkanes of at least 4 members (excludes halogenated alkanes) is 1. The molecule has 3 nitrogen and oxygen atoms in total. The highest BCUT2D eigenvalue weighted by Gasteiger charge is 2.26. The SMILES string of the molecule is CCCCC(CC)C(NC)c1c(OC)cccc1OC. The smallest absolute Gasteiger partial charge is 0.127 e. The molecule has 0 heterocycles. The van der Waals surface area contributed by atoms with Crippen LogP contribution in [0.5, 0.6) is 11.5 Å². The molecule has 0 fully saturated rings.